The lowest BCUT2D eigenvalue weighted by Crippen LogP contribution is -2.26. The summed E-state index contributed by atoms with van der Waals surface area (Å²) in [4.78, 5) is 4.70. The van der Waals surface area contributed by atoms with E-state index in [1.807, 2.05) is 60.7 Å². The third-order valence-electron chi connectivity index (χ3n) is 3.59. The topological polar surface area (TPSA) is 41.8 Å². The zero-order valence-electron chi connectivity index (χ0n) is 11.4. The van der Waals surface area contributed by atoms with Crippen LogP contribution in [0.2, 0.25) is 0 Å². The molecule has 1 N–H and O–H groups in total. The van der Waals surface area contributed by atoms with E-state index in [9.17, 15) is 5.11 Å². The Balaban J connectivity index is 2.15. The van der Waals surface area contributed by atoms with Gasteiger partial charge < -0.3 is 9.84 Å². The molecule has 1 heterocycles. The molecule has 2 aromatic rings. The molecule has 0 saturated heterocycles. The van der Waals surface area contributed by atoms with E-state index in [1.54, 1.807) is 6.92 Å². The summed E-state index contributed by atoms with van der Waals surface area (Å²) in [5, 5.41) is 9.72. The van der Waals surface area contributed by atoms with Crippen LogP contribution >= 0.6 is 0 Å². The summed E-state index contributed by atoms with van der Waals surface area (Å²) in [6.07, 6.45) is -0.690. The van der Waals surface area contributed by atoms with Gasteiger partial charge in [0.25, 0.3) is 0 Å². The molecule has 3 nitrogen and oxygen atoms in total. The summed E-state index contributed by atoms with van der Waals surface area (Å²) in [7, 11) is 0. The average Bonchev–Trinajstić information content (AvgIpc) is 2.96. The fourth-order valence-corrected chi connectivity index (χ4v) is 2.54. The SMILES string of the molecule is CC(O)C1=NC(c2ccccc2)(c2ccccc2)CO1. The van der Waals surface area contributed by atoms with E-state index in [4.69, 9.17) is 9.73 Å². The summed E-state index contributed by atoms with van der Waals surface area (Å²) in [6.45, 7) is 2.09. The minimum Gasteiger partial charge on any atom is -0.476 e. The standard InChI is InChI=1S/C17H17NO2/c1-13(19)16-18-17(12-20-16,14-8-4-2-5-9-14)15-10-6-3-7-11-15/h2-11,13,19H,12H2,1H3. The number of nitrogens with zero attached hydrogens (tertiary/aromatic N) is 1. The van der Waals surface area contributed by atoms with E-state index in [0.29, 0.717) is 12.5 Å². The van der Waals surface area contributed by atoms with Crippen LogP contribution in [0.25, 0.3) is 0 Å². The maximum atomic E-state index is 9.72. The molecule has 1 aliphatic heterocycles. The van der Waals surface area contributed by atoms with Gasteiger partial charge >= 0.3 is 0 Å². The van der Waals surface area contributed by atoms with Gasteiger partial charge in [-0.15, -0.1) is 0 Å². The van der Waals surface area contributed by atoms with Crippen LogP contribution in [0.5, 0.6) is 0 Å². The molecule has 20 heavy (non-hydrogen) atoms. The lowest BCUT2D eigenvalue weighted by Gasteiger charge is -2.25. The minimum absolute atomic E-state index is 0.401. The molecule has 3 rings (SSSR count). The zero-order chi connectivity index (χ0) is 14.0. The van der Waals surface area contributed by atoms with E-state index in [0.717, 1.165) is 11.1 Å². The maximum absolute atomic E-state index is 9.72. The molecule has 0 fully saturated rings. The van der Waals surface area contributed by atoms with E-state index in [1.165, 1.54) is 0 Å². The summed E-state index contributed by atoms with van der Waals surface area (Å²) >= 11 is 0. The van der Waals surface area contributed by atoms with Gasteiger partial charge in [0.2, 0.25) is 5.90 Å². The second-order valence-electron chi connectivity index (χ2n) is 5.01. The molecule has 2 aromatic carbocycles. The first-order valence-electron chi connectivity index (χ1n) is 6.74. The van der Waals surface area contributed by atoms with Gasteiger partial charge in [-0.1, -0.05) is 60.7 Å². The van der Waals surface area contributed by atoms with E-state index < -0.39 is 11.6 Å². The van der Waals surface area contributed by atoms with E-state index >= 15 is 0 Å². The van der Waals surface area contributed by atoms with Crippen molar-refractivity contribution < 1.29 is 9.84 Å². The minimum atomic E-state index is -0.690. The number of ether oxygens (including phenoxy) is 1. The van der Waals surface area contributed by atoms with Gasteiger partial charge in [-0.3, -0.25) is 0 Å². The Labute approximate surface area is 118 Å². The van der Waals surface area contributed by atoms with Crippen molar-refractivity contribution >= 4 is 5.90 Å². The van der Waals surface area contributed by atoms with Crippen molar-refractivity contribution in [2.45, 2.75) is 18.6 Å². The number of rotatable bonds is 3. The Kier molecular flexibility index (Phi) is 3.28. The Morgan fingerprint density at radius 1 is 1.00 bits per heavy atom. The van der Waals surface area contributed by atoms with Crippen molar-refractivity contribution in [3.8, 4) is 0 Å². The smallest absolute Gasteiger partial charge is 0.214 e. The van der Waals surface area contributed by atoms with Crippen molar-refractivity contribution in [3.63, 3.8) is 0 Å². The Hall–Kier alpha value is -2.13. The first-order valence-corrected chi connectivity index (χ1v) is 6.74. The van der Waals surface area contributed by atoms with E-state index in [2.05, 4.69) is 0 Å². The third kappa shape index (κ3) is 2.10. The molecule has 0 saturated carbocycles. The van der Waals surface area contributed by atoms with Crippen LogP contribution in [0.15, 0.2) is 65.7 Å². The number of hydrogen-bond acceptors (Lipinski definition) is 3. The fraction of sp³-hybridized carbons (Fsp3) is 0.235. The third-order valence-corrected chi connectivity index (χ3v) is 3.59. The zero-order valence-corrected chi connectivity index (χ0v) is 11.4. The monoisotopic (exact) mass is 267 g/mol. The molecular weight excluding hydrogens is 250 g/mol. The second kappa shape index (κ2) is 5.10. The molecule has 0 aliphatic carbocycles. The van der Waals surface area contributed by atoms with Gasteiger partial charge in [-0.2, -0.15) is 0 Å². The normalized spacial score (nSPS) is 18.2. The van der Waals surface area contributed by atoms with Crippen molar-refractivity contribution in [3.05, 3.63) is 71.8 Å². The van der Waals surface area contributed by atoms with Crippen LogP contribution in [0, 0.1) is 0 Å². The molecule has 3 heteroatoms. The van der Waals surface area contributed by atoms with Crippen LogP contribution in [0.3, 0.4) is 0 Å². The van der Waals surface area contributed by atoms with Crippen LogP contribution < -0.4 is 0 Å². The molecule has 1 unspecified atom stereocenters. The van der Waals surface area contributed by atoms with Crippen molar-refractivity contribution in [2.24, 2.45) is 4.99 Å². The van der Waals surface area contributed by atoms with Gasteiger partial charge in [0.1, 0.15) is 18.2 Å². The lowest BCUT2D eigenvalue weighted by molar-refractivity contribution is 0.204. The predicted octanol–water partition coefficient (Wildman–Crippen LogP) is 2.74. The quantitative estimate of drug-likeness (QED) is 0.929. The van der Waals surface area contributed by atoms with Gasteiger partial charge in [0.15, 0.2) is 0 Å². The molecule has 1 atom stereocenters. The Morgan fingerprint density at radius 2 is 1.50 bits per heavy atom. The predicted molar refractivity (Wildman–Crippen MR) is 78.7 cm³/mol. The molecule has 0 spiro atoms. The molecule has 1 aliphatic rings. The summed E-state index contributed by atoms with van der Waals surface area (Å²) in [5.74, 6) is 0.401. The molecule has 0 bridgehead atoms. The summed E-state index contributed by atoms with van der Waals surface area (Å²) in [5.41, 5.74) is 1.58. The Morgan fingerprint density at radius 3 is 1.90 bits per heavy atom. The van der Waals surface area contributed by atoms with Gasteiger partial charge in [0.05, 0.1) is 0 Å². The number of hydrogen-bond donors (Lipinski definition) is 1. The highest BCUT2D eigenvalue weighted by atomic mass is 16.5. The Bertz CT molecular complexity index is 566. The summed E-state index contributed by atoms with van der Waals surface area (Å²) in [6, 6.07) is 20.1. The highest BCUT2D eigenvalue weighted by Gasteiger charge is 2.41. The van der Waals surface area contributed by atoms with Gasteiger partial charge in [0, 0.05) is 0 Å². The van der Waals surface area contributed by atoms with Crippen molar-refractivity contribution in [2.75, 3.05) is 6.61 Å². The second-order valence-corrected chi connectivity index (χ2v) is 5.01. The largest absolute Gasteiger partial charge is 0.476 e. The summed E-state index contributed by atoms with van der Waals surface area (Å²) < 4.78 is 5.64. The van der Waals surface area contributed by atoms with Crippen molar-refractivity contribution in [1.29, 1.82) is 0 Å². The van der Waals surface area contributed by atoms with Crippen LogP contribution in [0.4, 0.5) is 0 Å². The molecule has 0 amide bonds. The number of aliphatic hydroxyl groups excluding tert-OH is 1. The van der Waals surface area contributed by atoms with E-state index in [-0.39, 0.29) is 0 Å². The van der Waals surface area contributed by atoms with Crippen LogP contribution in [-0.2, 0) is 10.3 Å². The number of benzene rings is 2. The van der Waals surface area contributed by atoms with Crippen LogP contribution in [-0.4, -0.2) is 23.7 Å². The number of aliphatic hydroxyl groups is 1. The lowest BCUT2D eigenvalue weighted by atomic mass is 9.84. The first kappa shape index (κ1) is 12.9. The highest BCUT2D eigenvalue weighted by Crippen LogP contribution is 2.38. The highest BCUT2D eigenvalue weighted by molar-refractivity contribution is 5.83. The van der Waals surface area contributed by atoms with Crippen molar-refractivity contribution in [1.82, 2.24) is 0 Å². The van der Waals surface area contributed by atoms with Gasteiger partial charge in [-0.25, -0.2) is 4.99 Å². The maximum Gasteiger partial charge on any atom is 0.214 e. The average molecular weight is 267 g/mol. The molecular formula is C17H17NO2. The van der Waals surface area contributed by atoms with Crippen LogP contribution in [0.1, 0.15) is 18.1 Å². The molecule has 102 valence electrons. The fourth-order valence-electron chi connectivity index (χ4n) is 2.54. The van der Waals surface area contributed by atoms with Gasteiger partial charge in [-0.05, 0) is 18.1 Å². The molecule has 0 aromatic heterocycles. The molecule has 0 radical (unpaired) electrons. The number of aliphatic imine (C=N–C) groups is 1. The first-order chi connectivity index (χ1) is 9.72.